The molecule has 4 aromatic rings. The topological polar surface area (TPSA) is 129 Å². The first-order valence-corrected chi connectivity index (χ1v) is 16.6. The van der Waals surface area contributed by atoms with Gasteiger partial charge in [0.1, 0.15) is 11.5 Å². The zero-order valence-corrected chi connectivity index (χ0v) is 25.8. The number of phenolic OH excluding ortho intramolecular Hbond substituents is 1. The summed E-state index contributed by atoms with van der Waals surface area (Å²) in [5.41, 5.74) is 3.07. The number of ether oxygens (including phenoxy) is 1. The zero-order chi connectivity index (χ0) is 31.0. The van der Waals surface area contributed by atoms with Crippen LogP contribution in [-0.4, -0.2) is 39.7 Å². The van der Waals surface area contributed by atoms with Crippen LogP contribution in [0, 0.1) is 36.5 Å². The van der Waals surface area contributed by atoms with E-state index in [0.717, 1.165) is 27.5 Å². The molecular weight excluding hydrogens is 611 g/mol. The Morgan fingerprint density at radius 1 is 0.978 bits per heavy atom. The van der Waals surface area contributed by atoms with Gasteiger partial charge in [-0.2, -0.15) is 0 Å². The molecular formula is C34H29N3O6S2. The lowest BCUT2D eigenvalue weighted by molar-refractivity contribution is -0.123. The minimum atomic E-state index is -0.408. The van der Waals surface area contributed by atoms with Gasteiger partial charge in [0, 0.05) is 27.3 Å². The Hall–Kier alpha value is -4.35. The molecule has 2 aliphatic heterocycles. The van der Waals surface area contributed by atoms with Crippen molar-refractivity contribution < 1.29 is 24.2 Å². The van der Waals surface area contributed by atoms with Gasteiger partial charge in [0.2, 0.25) is 11.8 Å². The molecule has 4 aliphatic rings. The maximum absolute atomic E-state index is 14.0. The average Bonchev–Trinajstić information content (AvgIpc) is 3.77. The van der Waals surface area contributed by atoms with E-state index in [1.54, 1.807) is 23.9 Å². The number of amides is 3. The number of anilines is 2. The number of thiazole rings is 1. The highest BCUT2D eigenvalue weighted by atomic mass is 32.2. The van der Waals surface area contributed by atoms with Crippen LogP contribution in [0.15, 0.2) is 82.6 Å². The summed E-state index contributed by atoms with van der Waals surface area (Å²) in [5, 5.41) is 13.2. The number of carbonyl (C=O) groups is 3. The quantitative estimate of drug-likeness (QED) is 0.197. The Balaban J connectivity index is 1.12. The molecule has 0 radical (unpaired) electrons. The number of benzene rings is 3. The van der Waals surface area contributed by atoms with Crippen LogP contribution in [0.4, 0.5) is 11.4 Å². The van der Waals surface area contributed by atoms with Crippen LogP contribution in [0.5, 0.6) is 11.5 Å². The fraction of sp³-hybridized carbons (Fsp3) is 0.294. The van der Waals surface area contributed by atoms with E-state index in [1.807, 2.05) is 55.5 Å². The van der Waals surface area contributed by atoms with Crippen LogP contribution in [0.3, 0.4) is 0 Å². The highest BCUT2D eigenvalue weighted by Gasteiger charge is 2.69. The fourth-order valence-electron chi connectivity index (χ4n) is 8.07. The third kappa shape index (κ3) is 4.51. The van der Waals surface area contributed by atoms with Crippen molar-refractivity contribution in [2.45, 2.75) is 29.5 Å². The van der Waals surface area contributed by atoms with E-state index in [1.165, 1.54) is 28.4 Å². The summed E-state index contributed by atoms with van der Waals surface area (Å²) >= 11 is 2.82. The second-order valence-electron chi connectivity index (χ2n) is 12.2. The second-order valence-corrected chi connectivity index (χ2v) is 14.4. The SMILES string of the molecule is Cc1ccc(N2C(=O)C3C4CC(C3C2=O)C2C4Sc3[nH]c(=O)sc3[C@@H]2c2ccccc2OCC(=O)Nc2ccc(O)cc2)cc1. The van der Waals surface area contributed by atoms with Gasteiger partial charge in [-0.05, 0) is 73.6 Å². The van der Waals surface area contributed by atoms with Gasteiger partial charge in [0.25, 0.3) is 5.91 Å². The lowest BCUT2D eigenvalue weighted by atomic mass is 9.68. The predicted molar refractivity (Wildman–Crippen MR) is 171 cm³/mol. The van der Waals surface area contributed by atoms with Gasteiger partial charge in [-0.25, -0.2) is 0 Å². The largest absolute Gasteiger partial charge is 0.508 e. The van der Waals surface area contributed by atoms with Crippen LogP contribution in [0.2, 0.25) is 0 Å². The van der Waals surface area contributed by atoms with Gasteiger partial charge in [0.05, 0.1) is 22.5 Å². The fourth-order valence-corrected chi connectivity index (χ4v) is 10.9. The standard InChI is InChI=1S/C34H29N3O6S2/c1-16-6-10-18(11-7-16)37-32(40)27-21-14-22(28(27)33(37)41)29-26(21)25(30-31(44-29)36-34(42)45-30)20-4-2-3-5-23(20)43-15-24(39)35-17-8-12-19(38)13-9-17/h2-13,21-22,25-29,38H,14-15H2,1H3,(H,35,39)(H,36,42)/t21?,22?,25-,26?,27?,28?,29?/m1/s1. The number of H-pyrrole nitrogens is 1. The first kappa shape index (κ1) is 28.1. The number of aromatic hydroxyl groups is 1. The van der Waals surface area contributed by atoms with E-state index in [-0.39, 0.29) is 69.8 Å². The maximum Gasteiger partial charge on any atom is 0.305 e. The number of aromatic nitrogens is 1. The smallest absolute Gasteiger partial charge is 0.305 e. The number of hydrogen-bond acceptors (Lipinski definition) is 8. The van der Waals surface area contributed by atoms with Gasteiger partial charge in [-0.15, -0.1) is 11.8 Å². The summed E-state index contributed by atoms with van der Waals surface area (Å²) in [6.45, 7) is 1.74. The molecule has 228 valence electrons. The van der Waals surface area contributed by atoms with Gasteiger partial charge < -0.3 is 20.1 Å². The monoisotopic (exact) mass is 639 g/mol. The van der Waals surface area contributed by atoms with E-state index in [2.05, 4.69) is 10.3 Å². The number of nitrogens with zero attached hydrogens (tertiary/aromatic N) is 1. The molecule has 1 aromatic heterocycles. The molecule has 3 fully saturated rings. The number of aromatic amines is 1. The number of nitrogens with one attached hydrogen (secondary N) is 2. The number of fused-ring (bicyclic) bond motifs is 9. The molecule has 45 heavy (non-hydrogen) atoms. The van der Waals surface area contributed by atoms with Crippen molar-refractivity contribution >= 4 is 52.2 Å². The van der Waals surface area contributed by atoms with Crippen molar-refractivity contribution in [1.29, 1.82) is 0 Å². The normalized spacial score (nSPS) is 27.7. The summed E-state index contributed by atoms with van der Waals surface area (Å²) in [6.07, 6.45) is 0.782. The van der Waals surface area contributed by atoms with Crippen molar-refractivity contribution in [2.24, 2.45) is 29.6 Å². The summed E-state index contributed by atoms with van der Waals surface area (Å²) in [6, 6.07) is 21.3. The molecule has 6 unspecified atom stereocenters. The van der Waals surface area contributed by atoms with Crippen LogP contribution in [-0.2, 0) is 14.4 Å². The van der Waals surface area contributed by atoms with Gasteiger partial charge in [-0.1, -0.05) is 47.2 Å². The molecule has 3 aromatic carbocycles. The first-order valence-electron chi connectivity index (χ1n) is 14.9. The molecule has 11 heteroatoms. The molecule has 2 saturated carbocycles. The third-order valence-corrected chi connectivity index (χ3v) is 12.4. The number of hydrogen-bond donors (Lipinski definition) is 3. The van der Waals surface area contributed by atoms with Gasteiger partial charge in [0.15, 0.2) is 6.61 Å². The molecule has 8 rings (SSSR count). The number of aryl methyl sites for hydroxylation is 1. The van der Waals surface area contributed by atoms with E-state index in [0.29, 0.717) is 17.1 Å². The van der Waals surface area contributed by atoms with Crippen molar-refractivity contribution in [2.75, 3.05) is 16.8 Å². The summed E-state index contributed by atoms with van der Waals surface area (Å²) < 4.78 is 6.13. The Morgan fingerprint density at radius 2 is 1.69 bits per heavy atom. The van der Waals surface area contributed by atoms with Crippen LogP contribution in [0.25, 0.3) is 0 Å². The summed E-state index contributed by atoms with van der Waals surface area (Å²) in [7, 11) is 0. The number of phenols is 1. The van der Waals surface area contributed by atoms with E-state index in [9.17, 15) is 24.3 Å². The van der Waals surface area contributed by atoms with E-state index < -0.39 is 5.92 Å². The number of carbonyl (C=O) groups excluding carboxylic acids is 3. The number of imide groups is 1. The lowest BCUT2D eigenvalue weighted by Crippen LogP contribution is -2.42. The Morgan fingerprint density at radius 3 is 2.44 bits per heavy atom. The minimum absolute atomic E-state index is 0.00474. The molecule has 3 heterocycles. The molecule has 1 saturated heterocycles. The summed E-state index contributed by atoms with van der Waals surface area (Å²) in [5.74, 6) is -1.01. The predicted octanol–water partition coefficient (Wildman–Crippen LogP) is 5.15. The van der Waals surface area contributed by atoms with E-state index in [4.69, 9.17) is 4.74 Å². The maximum atomic E-state index is 14.0. The minimum Gasteiger partial charge on any atom is -0.508 e. The number of para-hydroxylation sites is 1. The first-order chi connectivity index (χ1) is 21.8. The molecule has 2 bridgehead atoms. The zero-order valence-electron chi connectivity index (χ0n) is 24.1. The van der Waals surface area contributed by atoms with Gasteiger partial charge >= 0.3 is 4.87 Å². The molecule has 3 N–H and O–H groups in total. The Bertz CT molecular complexity index is 1900. The van der Waals surface area contributed by atoms with Crippen molar-refractivity contribution in [3.63, 3.8) is 0 Å². The molecule has 2 aliphatic carbocycles. The van der Waals surface area contributed by atoms with Crippen LogP contribution < -0.4 is 19.8 Å². The number of thioether (sulfide) groups is 1. The van der Waals surface area contributed by atoms with Crippen LogP contribution in [0.1, 0.15) is 28.3 Å². The Kier molecular flexibility index (Phi) is 6.65. The lowest BCUT2D eigenvalue weighted by Gasteiger charge is -2.43. The molecule has 3 amide bonds. The molecule has 9 nitrogen and oxygen atoms in total. The Labute approximate surface area is 266 Å². The highest BCUT2D eigenvalue weighted by Crippen LogP contribution is 2.69. The second kappa shape index (κ2) is 10.6. The van der Waals surface area contributed by atoms with Crippen molar-refractivity contribution in [1.82, 2.24) is 4.98 Å². The van der Waals surface area contributed by atoms with Crippen molar-refractivity contribution in [3.8, 4) is 11.5 Å². The molecule has 7 atom stereocenters. The van der Waals surface area contributed by atoms with Crippen molar-refractivity contribution in [3.05, 3.63) is 98.5 Å². The van der Waals surface area contributed by atoms with Gasteiger partial charge in [-0.3, -0.25) is 24.1 Å². The molecule has 0 spiro atoms. The third-order valence-electron chi connectivity index (χ3n) is 9.78. The highest BCUT2D eigenvalue weighted by molar-refractivity contribution is 8.00. The average molecular weight is 640 g/mol. The van der Waals surface area contributed by atoms with E-state index >= 15 is 0 Å². The summed E-state index contributed by atoms with van der Waals surface area (Å²) in [4.78, 5) is 58.5. The van der Waals surface area contributed by atoms with Crippen LogP contribution >= 0.6 is 23.1 Å². The number of rotatable bonds is 6.